The molecule has 1 aliphatic heterocycles. The van der Waals surface area contributed by atoms with Gasteiger partial charge in [-0.25, -0.2) is 4.98 Å². The third kappa shape index (κ3) is 3.07. The molecule has 0 radical (unpaired) electrons. The molecule has 0 spiro atoms. The summed E-state index contributed by atoms with van der Waals surface area (Å²) >= 11 is 0. The summed E-state index contributed by atoms with van der Waals surface area (Å²) in [5.74, 6) is 0.338. The van der Waals surface area contributed by atoms with Gasteiger partial charge in [0.1, 0.15) is 5.82 Å². The summed E-state index contributed by atoms with van der Waals surface area (Å²) in [6, 6.07) is 8.70. The number of aromatic amines is 1. The highest BCUT2D eigenvalue weighted by atomic mass is 16.6. The smallest absolute Gasteiger partial charge is 0.256 e. The average Bonchev–Trinajstić information content (AvgIpc) is 3.24. The molecule has 0 bridgehead atoms. The molecule has 2 atom stereocenters. The van der Waals surface area contributed by atoms with Gasteiger partial charge in [-0.05, 0) is 25.5 Å². The maximum absolute atomic E-state index is 11.9. The lowest BCUT2D eigenvalue weighted by molar-refractivity contribution is -0.117. The highest BCUT2D eigenvalue weighted by molar-refractivity contribution is 5.96. The van der Waals surface area contributed by atoms with E-state index in [-0.39, 0.29) is 23.7 Å². The number of amides is 1. The second-order valence-electron chi connectivity index (χ2n) is 5.27. The molecule has 1 saturated heterocycles. The van der Waals surface area contributed by atoms with Crippen LogP contribution < -0.4 is 10.9 Å². The quantitative estimate of drug-likeness (QED) is 0.842. The van der Waals surface area contributed by atoms with Crippen molar-refractivity contribution in [1.82, 2.24) is 9.97 Å². The van der Waals surface area contributed by atoms with Gasteiger partial charge < -0.3 is 15.0 Å². The van der Waals surface area contributed by atoms with Gasteiger partial charge in [-0.2, -0.15) is 0 Å². The number of carbonyl (C=O) groups excluding carboxylic acids is 1. The fourth-order valence-electron chi connectivity index (χ4n) is 2.24. The van der Waals surface area contributed by atoms with Gasteiger partial charge in [0.25, 0.3) is 11.5 Å². The number of anilines is 1. The number of H-pyrrole nitrogens is 1. The van der Waals surface area contributed by atoms with Crippen LogP contribution in [0.25, 0.3) is 11.4 Å². The lowest BCUT2D eigenvalue weighted by atomic mass is 10.1. The number of ether oxygens (including phenoxy) is 1. The number of epoxide rings is 1. The van der Waals surface area contributed by atoms with Crippen LogP contribution in [-0.2, 0) is 16.0 Å². The Bertz CT molecular complexity index is 769. The number of hydrogen-bond donors (Lipinski definition) is 2. The Kier molecular flexibility index (Phi) is 3.77. The van der Waals surface area contributed by atoms with Gasteiger partial charge in [0.15, 0.2) is 6.10 Å². The predicted molar refractivity (Wildman–Crippen MR) is 82.6 cm³/mol. The van der Waals surface area contributed by atoms with E-state index in [9.17, 15) is 9.59 Å². The van der Waals surface area contributed by atoms with Gasteiger partial charge in [-0.3, -0.25) is 9.59 Å². The van der Waals surface area contributed by atoms with E-state index < -0.39 is 0 Å². The highest BCUT2D eigenvalue weighted by Crippen LogP contribution is 2.24. The van der Waals surface area contributed by atoms with Crippen molar-refractivity contribution >= 4 is 11.6 Å². The molecule has 0 aliphatic carbocycles. The molecule has 1 aromatic carbocycles. The molecule has 1 aromatic heterocycles. The van der Waals surface area contributed by atoms with Gasteiger partial charge in [0, 0.05) is 23.0 Å². The summed E-state index contributed by atoms with van der Waals surface area (Å²) in [5, 5.41) is 2.80. The van der Waals surface area contributed by atoms with Crippen molar-refractivity contribution in [2.24, 2.45) is 0 Å². The van der Waals surface area contributed by atoms with E-state index >= 15 is 0 Å². The number of hydrogen-bond acceptors (Lipinski definition) is 4. The van der Waals surface area contributed by atoms with Crippen LogP contribution in [0.3, 0.4) is 0 Å². The zero-order chi connectivity index (χ0) is 15.7. The second kappa shape index (κ2) is 5.73. The lowest BCUT2D eigenvalue weighted by Gasteiger charge is -2.07. The third-order valence-electron chi connectivity index (χ3n) is 3.53. The zero-order valence-electron chi connectivity index (χ0n) is 12.4. The van der Waals surface area contributed by atoms with Gasteiger partial charge in [0.05, 0.1) is 6.10 Å². The minimum absolute atomic E-state index is 0.0255. The summed E-state index contributed by atoms with van der Waals surface area (Å²) in [7, 11) is 0. The first kappa shape index (κ1) is 14.5. The minimum Gasteiger partial charge on any atom is -0.359 e. The monoisotopic (exact) mass is 299 g/mol. The second-order valence-corrected chi connectivity index (χ2v) is 5.27. The summed E-state index contributed by atoms with van der Waals surface area (Å²) in [4.78, 5) is 30.7. The maximum atomic E-state index is 11.9. The lowest BCUT2D eigenvalue weighted by Crippen LogP contribution is -2.19. The van der Waals surface area contributed by atoms with E-state index in [1.165, 1.54) is 6.07 Å². The van der Waals surface area contributed by atoms with Crippen LogP contribution in [0.5, 0.6) is 0 Å². The summed E-state index contributed by atoms with van der Waals surface area (Å²) < 4.78 is 5.14. The van der Waals surface area contributed by atoms with Crippen molar-refractivity contribution < 1.29 is 9.53 Å². The maximum Gasteiger partial charge on any atom is 0.256 e. The van der Waals surface area contributed by atoms with Crippen LogP contribution in [0.4, 0.5) is 5.69 Å². The molecular weight excluding hydrogens is 282 g/mol. The van der Waals surface area contributed by atoms with Crippen LogP contribution in [-0.4, -0.2) is 28.1 Å². The molecule has 0 saturated carbocycles. The average molecular weight is 299 g/mol. The molecule has 2 aromatic rings. The molecule has 3 rings (SSSR count). The summed E-state index contributed by atoms with van der Waals surface area (Å²) in [6.07, 6.45) is 0.289. The Morgan fingerprint density at radius 2 is 2.18 bits per heavy atom. The van der Waals surface area contributed by atoms with Crippen LogP contribution >= 0.6 is 0 Å². The van der Waals surface area contributed by atoms with Gasteiger partial charge in [-0.1, -0.05) is 19.1 Å². The Hall–Kier alpha value is -2.47. The van der Waals surface area contributed by atoms with Crippen LogP contribution in [0.1, 0.15) is 19.5 Å². The Balaban J connectivity index is 1.86. The van der Waals surface area contributed by atoms with Crippen molar-refractivity contribution in [2.75, 3.05) is 5.32 Å². The molecule has 6 nitrogen and oxygen atoms in total. The number of benzene rings is 1. The predicted octanol–water partition coefficient (Wildman–Crippen LogP) is 1.73. The van der Waals surface area contributed by atoms with E-state index in [4.69, 9.17) is 4.74 Å². The topological polar surface area (TPSA) is 87.4 Å². The normalized spacial score (nSPS) is 19.7. The Morgan fingerprint density at radius 1 is 1.41 bits per heavy atom. The van der Waals surface area contributed by atoms with E-state index in [1.54, 1.807) is 18.2 Å². The molecule has 2 N–H and O–H groups in total. The molecule has 22 heavy (non-hydrogen) atoms. The molecular formula is C16H17N3O3. The van der Waals surface area contributed by atoms with Crippen LogP contribution in [0.2, 0.25) is 0 Å². The number of carbonyl (C=O) groups is 1. The van der Waals surface area contributed by atoms with E-state index in [0.717, 1.165) is 11.3 Å². The van der Waals surface area contributed by atoms with Gasteiger partial charge >= 0.3 is 0 Å². The molecule has 2 heterocycles. The third-order valence-corrected chi connectivity index (χ3v) is 3.53. The van der Waals surface area contributed by atoms with Crippen molar-refractivity contribution in [1.29, 1.82) is 0 Å². The first-order chi connectivity index (χ1) is 10.6. The fraction of sp³-hybridized carbons (Fsp3) is 0.312. The SMILES string of the molecule is CCc1cc(=O)[nH]c(-c2cccc(NC(=O)[C@@H]3O[C@H]3C)c2)n1. The van der Waals surface area contributed by atoms with Gasteiger partial charge in [-0.15, -0.1) is 0 Å². The van der Waals surface area contributed by atoms with Crippen molar-refractivity contribution in [3.8, 4) is 11.4 Å². The molecule has 114 valence electrons. The van der Waals surface area contributed by atoms with Crippen LogP contribution in [0, 0.1) is 0 Å². The summed E-state index contributed by atoms with van der Waals surface area (Å²) in [6.45, 7) is 3.80. The number of aryl methyl sites for hydroxylation is 1. The largest absolute Gasteiger partial charge is 0.359 e. The minimum atomic E-state index is -0.370. The van der Waals surface area contributed by atoms with E-state index in [0.29, 0.717) is 17.9 Å². The molecule has 1 aliphatic rings. The highest BCUT2D eigenvalue weighted by Gasteiger charge is 2.41. The summed E-state index contributed by atoms with van der Waals surface area (Å²) in [5.41, 5.74) is 1.94. The number of nitrogens with zero attached hydrogens (tertiary/aromatic N) is 1. The number of nitrogens with one attached hydrogen (secondary N) is 2. The van der Waals surface area contributed by atoms with Crippen molar-refractivity contribution in [2.45, 2.75) is 32.5 Å². The molecule has 1 fully saturated rings. The van der Waals surface area contributed by atoms with E-state index in [2.05, 4.69) is 15.3 Å². The fourth-order valence-corrected chi connectivity index (χ4v) is 2.24. The molecule has 0 unspecified atom stereocenters. The Morgan fingerprint density at radius 3 is 2.86 bits per heavy atom. The Labute approximate surface area is 127 Å². The molecule has 6 heteroatoms. The van der Waals surface area contributed by atoms with Crippen LogP contribution in [0.15, 0.2) is 35.1 Å². The van der Waals surface area contributed by atoms with Gasteiger partial charge in [0.2, 0.25) is 0 Å². The van der Waals surface area contributed by atoms with Crippen molar-refractivity contribution in [3.63, 3.8) is 0 Å². The standard InChI is InChI=1S/C16H17N3O3/c1-3-11-8-13(20)19-15(17-11)10-5-4-6-12(7-10)18-16(21)14-9(2)22-14/h4-9,14H,3H2,1-2H3,(H,18,21)(H,17,19,20)/t9-,14+/m0/s1. The first-order valence-electron chi connectivity index (χ1n) is 7.24. The first-order valence-corrected chi connectivity index (χ1v) is 7.24. The van der Waals surface area contributed by atoms with E-state index in [1.807, 2.05) is 19.9 Å². The molecule has 1 amide bonds. The van der Waals surface area contributed by atoms with Crippen molar-refractivity contribution in [3.05, 3.63) is 46.4 Å². The number of rotatable bonds is 4. The zero-order valence-corrected chi connectivity index (χ0v) is 12.4. The number of aromatic nitrogens is 2.